The summed E-state index contributed by atoms with van der Waals surface area (Å²) in [5, 5.41) is 2.43. The molecule has 0 amide bonds. The molecule has 0 aliphatic heterocycles. The Bertz CT molecular complexity index is 917. The van der Waals surface area contributed by atoms with E-state index in [1.807, 2.05) is 12.3 Å². The summed E-state index contributed by atoms with van der Waals surface area (Å²) in [5.74, 6) is 0.575. The van der Waals surface area contributed by atoms with Crippen LogP contribution in [0.2, 0.25) is 0 Å². The molecule has 0 N–H and O–H groups in total. The van der Waals surface area contributed by atoms with Crippen LogP contribution >= 0.6 is 0 Å². The van der Waals surface area contributed by atoms with E-state index in [2.05, 4.69) is 36.4 Å². The second-order valence-corrected chi connectivity index (χ2v) is 7.30. The minimum absolute atomic E-state index is 0.170. The van der Waals surface area contributed by atoms with Gasteiger partial charge in [-0.25, -0.2) is 4.39 Å². The molecule has 1 heterocycles. The van der Waals surface area contributed by atoms with Gasteiger partial charge < -0.3 is 0 Å². The first-order valence-corrected chi connectivity index (χ1v) is 9.57. The molecule has 0 radical (unpaired) electrons. The van der Waals surface area contributed by atoms with Crippen molar-refractivity contribution in [3.05, 3.63) is 83.9 Å². The van der Waals surface area contributed by atoms with E-state index < -0.39 is 0 Å². The van der Waals surface area contributed by atoms with Crippen LogP contribution < -0.4 is 0 Å². The third kappa shape index (κ3) is 3.85. The molecule has 1 aliphatic rings. The molecule has 0 atom stereocenters. The molecule has 0 spiro atoms. The molecule has 1 saturated carbocycles. The lowest BCUT2D eigenvalue weighted by Crippen LogP contribution is -2.00. The van der Waals surface area contributed by atoms with Crippen LogP contribution in [0.4, 0.5) is 4.39 Å². The predicted molar refractivity (Wildman–Crippen MR) is 106 cm³/mol. The third-order valence-electron chi connectivity index (χ3n) is 5.43. The number of fused-ring (bicyclic) bond motifs is 1. The summed E-state index contributed by atoms with van der Waals surface area (Å²) in [6, 6.07) is 17.4. The smallest absolute Gasteiger partial charge is 0.123 e. The van der Waals surface area contributed by atoms with Crippen molar-refractivity contribution in [1.29, 1.82) is 0 Å². The lowest BCUT2D eigenvalue weighted by molar-refractivity contribution is 0.564. The minimum Gasteiger partial charge on any atom is -0.256 e. The van der Waals surface area contributed by atoms with Gasteiger partial charge in [0.15, 0.2) is 0 Å². The zero-order valence-electron chi connectivity index (χ0n) is 15.0. The van der Waals surface area contributed by atoms with E-state index in [-0.39, 0.29) is 5.82 Å². The molecule has 0 bridgehead atoms. The number of aromatic nitrogens is 1. The SMILES string of the molecule is Fc1cccc(CC=C(CC2CCCC2)c2nccc3ccccc23)c1. The molecule has 1 aromatic heterocycles. The molecule has 1 fully saturated rings. The summed E-state index contributed by atoms with van der Waals surface area (Å²) in [5.41, 5.74) is 3.40. The van der Waals surface area contributed by atoms with Crippen LogP contribution in [0.1, 0.15) is 43.4 Å². The van der Waals surface area contributed by atoms with Crippen molar-refractivity contribution in [2.75, 3.05) is 0 Å². The first-order chi connectivity index (χ1) is 12.8. The zero-order chi connectivity index (χ0) is 17.8. The first-order valence-electron chi connectivity index (χ1n) is 9.57. The third-order valence-corrected chi connectivity index (χ3v) is 5.43. The van der Waals surface area contributed by atoms with Crippen molar-refractivity contribution in [2.24, 2.45) is 5.92 Å². The number of nitrogens with zero attached hydrogens (tertiary/aromatic N) is 1. The van der Waals surface area contributed by atoms with E-state index in [0.29, 0.717) is 0 Å². The largest absolute Gasteiger partial charge is 0.256 e. The highest BCUT2D eigenvalue weighted by Crippen LogP contribution is 2.35. The summed E-state index contributed by atoms with van der Waals surface area (Å²) >= 11 is 0. The van der Waals surface area contributed by atoms with E-state index in [4.69, 9.17) is 4.98 Å². The van der Waals surface area contributed by atoms with E-state index in [1.54, 1.807) is 12.1 Å². The van der Waals surface area contributed by atoms with Crippen LogP contribution in [-0.4, -0.2) is 4.98 Å². The number of rotatable bonds is 5. The summed E-state index contributed by atoms with van der Waals surface area (Å²) in [6.45, 7) is 0. The molecular formula is C24H24FN. The molecule has 26 heavy (non-hydrogen) atoms. The molecule has 0 unspecified atom stereocenters. The van der Waals surface area contributed by atoms with Gasteiger partial charge >= 0.3 is 0 Å². The number of halogens is 1. The Morgan fingerprint density at radius 1 is 1.04 bits per heavy atom. The molecule has 132 valence electrons. The van der Waals surface area contributed by atoms with E-state index in [9.17, 15) is 4.39 Å². The molecule has 0 saturated heterocycles. The van der Waals surface area contributed by atoms with Gasteiger partial charge in [0, 0.05) is 11.6 Å². The van der Waals surface area contributed by atoms with Gasteiger partial charge in [-0.3, -0.25) is 4.98 Å². The van der Waals surface area contributed by atoms with Gasteiger partial charge in [0.25, 0.3) is 0 Å². The highest BCUT2D eigenvalue weighted by molar-refractivity contribution is 5.92. The Morgan fingerprint density at radius 2 is 1.88 bits per heavy atom. The lowest BCUT2D eigenvalue weighted by Gasteiger charge is -2.15. The van der Waals surface area contributed by atoms with Gasteiger partial charge in [-0.15, -0.1) is 0 Å². The Morgan fingerprint density at radius 3 is 2.73 bits per heavy atom. The average molecular weight is 345 g/mol. The molecule has 1 nitrogen and oxygen atoms in total. The molecule has 4 rings (SSSR count). The van der Waals surface area contributed by atoms with Crippen molar-refractivity contribution in [1.82, 2.24) is 4.98 Å². The van der Waals surface area contributed by atoms with Crippen molar-refractivity contribution in [3.63, 3.8) is 0 Å². The maximum atomic E-state index is 13.5. The Labute approximate surface area is 154 Å². The topological polar surface area (TPSA) is 12.9 Å². The van der Waals surface area contributed by atoms with Crippen molar-refractivity contribution >= 4 is 16.3 Å². The van der Waals surface area contributed by atoms with Crippen LogP contribution in [0.15, 0.2) is 66.9 Å². The Kier molecular flexibility index (Phi) is 5.10. The Hall–Kier alpha value is -2.48. The fourth-order valence-corrected chi connectivity index (χ4v) is 4.08. The maximum absolute atomic E-state index is 13.5. The Balaban J connectivity index is 1.70. The fraction of sp³-hybridized carbons (Fsp3) is 0.292. The minimum atomic E-state index is -0.170. The predicted octanol–water partition coefficient (Wildman–Crippen LogP) is 6.58. The summed E-state index contributed by atoms with van der Waals surface area (Å²) in [7, 11) is 0. The van der Waals surface area contributed by atoms with Crippen LogP contribution in [0, 0.1) is 11.7 Å². The maximum Gasteiger partial charge on any atom is 0.123 e. The number of hydrogen-bond acceptors (Lipinski definition) is 1. The van der Waals surface area contributed by atoms with E-state index in [0.717, 1.165) is 30.0 Å². The van der Waals surface area contributed by atoms with Crippen molar-refractivity contribution < 1.29 is 4.39 Å². The summed E-state index contributed by atoms with van der Waals surface area (Å²) in [4.78, 5) is 4.74. The van der Waals surface area contributed by atoms with Crippen LogP contribution in [-0.2, 0) is 6.42 Å². The van der Waals surface area contributed by atoms with Crippen LogP contribution in [0.3, 0.4) is 0 Å². The van der Waals surface area contributed by atoms with Gasteiger partial charge in [-0.1, -0.05) is 68.2 Å². The van der Waals surface area contributed by atoms with Gasteiger partial charge in [0.1, 0.15) is 5.82 Å². The van der Waals surface area contributed by atoms with Crippen LogP contribution in [0.25, 0.3) is 16.3 Å². The summed E-state index contributed by atoms with van der Waals surface area (Å²) < 4.78 is 13.5. The average Bonchev–Trinajstić information content (AvgIpc) is 3.18. The van der Waals surface area contributed by atoms with E-state index >= 15 is 0 Å². The van der Waals surface area contributed by atoms with E-state index in [1.165, 1.54) is 48.1 Å². The monoisotopic (exact) mass is 345 g/mol. The van der Waals surface area contributed by atoms with Crippen molar-refractivity contribution in [3.8, 4) is 0 Å². The quantitative estimate of drug-likeness (QED) is 0.509. The molecule has 1 aliphatic carbocycles. The normalized spacial score (nSPS) is 15.7. The van der Waals surface area contributed by atoms with Gasteiger partial charge in [-0.2, -0.15) is 0 Å². The van der Waals surface area contributed by atoms with Crippen molar-refractivity contribution in [2.45, 2.75) is 38.5 Å². The lowest BCUT2D eigenvalue weighted by atomic mass is 9.92. The number of allylic oxidation sites excluding steroid dienone is 2. The number of pyridine rings is 1. The van der Waals surface area contributed by atoms with Crippen LogP contribution in [0.5, 0.6) is 0 Å². The highest BCUT2D eigenvalue weighted by atomic mass is 19.1. The second kappa shape index (κ2) is 7.82. The molecule has 2 heteroatoms. The summed E-state index contributed by atoms with van der Waals surface area (Å²) in [6.07, 6.45) is 11.3. The molecule has 2 aromatic carbocycles. The molecular weight excluding hydrogens is 321 g/mol. The zero-order valence-corrected chi connectivity index (χ0v) is 15.0. The standard InChI is InChI=1S/C24H24FN/c25-22-10-5-8-19(17-22)12-13-21(16-18-6-1-2-7-18)24-23-11-4-3-9-20(23)14-15-26-24/h3-5,8-11,13-15,17-18H,1-2,6-7,12,16H2. The van der Waals surface area contributed by atoms with Gasteiger partial charge in [-0.05, 0) is 53.5 Å². The van der Waals surface area contributed by atoms with Gasteiger partial charge in [0.2, 0.25) is 0 Å². The second-order valence-electron chi connectivity index (χ2n) is 7.30. The number of benzene rings is 2. The highest BCUT2D eigenvalue weighted by Gasteiger charge is 2.19. The first kappa shape index (κ1) is 17.0. The van der Waals surface area contributed by atoms with Gasteiger partial charge in [0.05, 0.1) is 5.69 Å². The number of hydrogen-bond donors (Lipinski definition) is 0. The fourth-order valence-electron chi connectivity index (χ4n) is 4.08. The molecule has 3 aromatic rings.